The summed E-state index contributed by atoms with van der Waals surface area (Å²) in [7, 11) is 1.00. The van der Waals surface area contributed by atoms with Gasteiger partial charge in [-0.25, -0.2) is 23.1 Å². The largest absolute Gasteiger partial charge is 0.471 e. The van der Waals surface area contributed by atoms with E-state index in [1.165, 1.54) is 30.3 Å². The van der Waals surface area contributed by atoms with E-state index >= 15 is 0 Å². The highest BCUT2D eigenvalue weighted by molar-refractivity contribution is 5.85. The number of hydrogen-bond acceptors (Lipinski definition) is 8. The van der Waals surface area contributed by atoms with Gasteiger partial charge in [0, 0.05) is 18.4 Å². The fourth-order valence-corrected chi connectivity index (χ4v) is 3.37. The summed E-state index contributed by atoms with van der Waals surface area (Å²) in [6.07, 6.45) is -2.20. The van der Waals surface area contributed by atoms with Crippen LogP contribution in [0.25, 0.3) is 22.4 Å². The lowest BCUT2D eigenvalue weighted by atomic mass is 9.99. The first-order chi connectivity index (χ1) is 17.3. The van der Waals surface area contributed by atoms with Crippen LogP contribution < -0.4 is 10.5 Å². The number of alkyl halides is 2. The summed E-state index contributed by atoms with van der Waals surface area (Å²) in [5.41, 5.74) is 7.86. The van der Waals surface area contributed by atoms with Gasteiger partial charge in [-0.1, -0.05) is 6.07 Å². The predicted molar refractivity (Wildman–Crippen MR) is 127 cm³/mol. The lowest BCUT2D eigenvalue weighted by Crippen LogP contribution is -2.07. The Hall–Kier alpha value is -4.38. The smallest absolute Gasteiger partial charge is 0.280 e. The number of aryl methyl sites for hydroxylation is 1. The number of hydrogen-bond donors (Lipinski definition) is 2. The molecule has 0 saturated carbocycles. The number of carbonyl (C=O) groups is 1. The molecule has 0 unspecified atom stereocenters. The molecule has 0 bridgehead atoms. The third-order valence-corrected chi connectivity index (χ3v) is 4.80. The van der Waals surface area contributed by atoms with Crippen molar-refractivity contribution in [3.8, 4) is 28.3 Å². The van der Waals surface area contributed by atoms with Crippen LogP contribution in [0.2, 0.25) is 0 Å². The van der Waals surface area contributed by atoms with E-state index in [4.69, 9.17) is 15.6 Å². The minimum atomic E-state index is -2.80. The van der Waals surface area contributed by atoms with Crippen molar-refractivity contribution in [3.05, 3.63) is 83.2 Å². The lowest BCUT2D eigenvalue weighted by molar-refractivity contribution is 0.111. The average Bonchev–Trinajstić information content (AvgIpc) is 2.88. The summed E-state index contributed by atoms with van der Waals surface area (Å²) in [6, 6.07) is 13.1. The Labute approximate surface area is 204 Å². The van der Waals surface area contributed by atoms with Crippen LogP contribution in [0.5, 0.6) is 5.88 Å². The Kier molecular flexibility index (Phi) is 8.63. The number of aromatic nitrogens is 4. The molecule has 0 spiro atoms. The van der Waals surface area contributed by atoms with Gasteiger partial charge in [0.05, 0.1) is 17.0 Å². The number of aldehydes is 1. The molecule has 36 heavy (non-hydrogen) atoms. The number of anilines is 1. The van der Waals surface area contributed by atoms with Crippen molar-refractivity contribution in [1.29, 1.82) is 0 Å². The Bertz CT molecular complexity index is 1350. The molecule has 4 rings (SSSR count). The van der Waals surface area contributed by atoms with Crippen LogP contribution >= 0.6 is 0 Å². The molecule has 8 nitrogen and oxygen atoms in total. The third-order valence-electron chi connectivity index (χ3n) is 4.80. The molecular formula is C25H22F3N5O3. The van der Waals surface area contributed by atoms with Gasteiger partial charge in [0.2, 0.25) is 11.8 Å². The number of pyridine rings is 2. The summed E-state index contributed by atoms with van der Waals surface area (Å²) < 4.78 is 46.4. The van der Waals surface area contributed by atoms with E-state index in [1.807, 2.05) is 0 Å². The zero-order valence-electron chi connectivity index (χ0n) is 19.3. The standard InChI is InChI=1S/C24H18F3N5O2.CH4O/c1-13-9-15(10-19(29-13)22(26)27)20-21(14-5-7-16(25)8-6-14)31-24(28)32-23(20)34-12-18-4-2-3-17(11-33)30-18;1-2/h2-11,22H,12H2,1H3,(H2,28,31,32);2H,1H3. The molecule has 1 aromatic carbocycles. The van der Waals surface area contributed by atoms with E-state index in [0.29, 0.717) is 28.8 Å². The second-order valence-electron chi connectivity index (χ2n) is 7.30. The van der Waals surface area contributed by atoms with E-state index in [2.05, 4.69) is 19.9 Å². The van der Waals surface area contributed by atoms with Gasteiger partial charge in [0.1, 0.15) is 23.8 Å². The van der Waals surface area contributed by atoms with Gasteiger partial charge in [0.15, 0.2) is 6.29 Å². The van der Waals surface area contributed by atoms with Crippen LogP contribution in [0, 0.1) is 12.7 Å². The molecule has 0 atom stereocenters. The maximum atomic E-state index is 13.5. The van der Waals surface area contributed by atoms with Gasteiger partial charge in [-0.05, 0) is 61.0 Å². The highest BCUT2D eigenvalue weighted by atomic mass is 19.3. The second-order valence-corrected chi connectivity index (χ2v) is 7.30. The first-order valence-electron chi connectivity index (χ1n) is 10.5. The number of ether oxygens (including phenoxy) is 1. The van der Waals surface area contributed by atoms with E-state index in [-0.39, 0.29) is 35.4 Å². The molecule has 0 aliphatic rings. The summed E-state index contributed by atoms with van der Waals surface area (Å²) in [5.74, 6) is -0.576. The van der Waals surface area contributed by atoms with Gasteiger partial charge < -0.3 is 15.6 Å². The zero-order chi connectivity index (χ0) is 26.2. The van der Waals surface area contributed by atoms with E-state index in [0.717, 1.165) is 7.11 Å². The minimum absolute atomic E-state index is 0.0101. The quantitative estimate of drug-likeness (QED) is 0.356. The average molecular weight is 497 g/mol. The van der Waals surface area contributed by atoms with Crippen LogP contribution in [0.1, 0.15) is 34.0 Å². The molecule has 0 saturated heterocycles. The number of rotatable bonds is 7. The number of benzene rings is 1. The van der Waals surface area contributed by atoms with Crippen molar-refractivity contribution in [2.24, 2.45) is 0 Å². The summed E-state index contributed by atoms with van der Waals surface area (Å²) in [4.78, 5) is 27.5. The van der Waals surface area contributed by atoms with Crippen LogP contribution in [0.4, 0.5) is 19.1 Å². The molecule has 0 radical (unpaired) electrons. The van der Waals surface area contributed by atoms with Crippen LogP contribution in [-0.4, -0.2) is 38.4 Å². The van der Waals surface area contributed by atoms with Crippen LogP contribution in [0.15, 0.2) is 54.6 Å². The Morgan fingerprint density at radius 3 is 2.39 bits per heavy atom. The van der Waals surface area contributed by atoms with Crippen molar-refractivity contribution in [2.75, 3.05) is 12.8 Å². The van der Waals surface area contributed by atoms with E-state index < -0.39 is 17.9 Å². The molecule has 186 valence electrons. The number of nitrogen functional groups attached to an aromatic ring is 1. The Morgan fingerprint density at radius 2 is 1.72 bits per heavy atom. The fourth-order valence-electron chi connectivity index (χ4n) is 3.37. The zero-order valence-corrected chi connectivity index (χ0v) is 19.3. The molecular weight excluding hydrogens is 475 g/mol. The van der Waals surface area contributed by atoms with Crippen molar-refractivity contribution < 1.29 is 27.8 Å². The fraction of sp³-hybridized carbons (Fsp3) is 0.160. The lowest BCUT2D eigenvalue weighted by Gasteiger charge is -2.16. The maximum absolute atomic E-state index is 13.5. The predicted octanol–water partition coefficient (Wildman–Crippen LogP) is 4.57. The number of aliphatic hydroxyl groups excluding tert-OH is 1. The molecule has 3 heterocycles. The van der Waals surface area contributed by atoms with Gasteiger partial charge in [-0.3, -0.25) is 9.78 Å². The SMILES string of the molecule is CO.Cc1cc(-c2c(OCc3cccc(C=O)n3)nc(N)nc2-c2ccc(F)cc2)cc(C(F)F)n1. The van der Waals surface area contributed by atoms with Gasteiger partial charge in [-0.15, -0.1) is 0 Å². The summed E-state index contributed by atoms with van der Waals surface area (Å²) in [6.45, 7) is 1.50. The monoisotopic (exact) mass is 497 g/mol. The Morgan fingerprint density at radius 1 is 1.00 bits per heavy atom. The summed E-state index contributed by atoms with van der Waals surface area (Å²) >= 11 is 0. The molecule has 0 aliphatic carbocycles. The van der Waals surface area contributed by atoms with E-state index in [9.17, 15) is 18.0 Å². The van der Waals surface area contributed by atoms with Crippen LogP contribution in [-0.2, 0) is 6.61 Å². The van der Waals surface area contributed by atoms with E-state index in [1.54, 1.807) is 31.2 Å². The Balaban J connectivity index is 0.00000176. The molecule has 0 fully saturated rings. The molecule has 4 aromatic rings. The second kappa shape index (κ2) is 11.8. The van der Waals surface area contributed by atoms with Crippen LogP contribution in [0.3, 0.4) is 0 Å². The number of aliphatic hydroxyl groups is 1. The number of halogens is 3. The number of nitrogens with two attached hydrogens (primary N) is 1. The van der Waals surface area contributed by atoms with Crippen molar-refractivity contribution in [3.63, 3.8) is 0 Å². The highest BCUT2D eigenvalue weighted by Crippen LogP contribution is 2.39. The van der Waals surface area contributed by atoms with Gasteiger partial charge >= 0.3 is 0 Å². The van der Waals surface area contributed by atoms with Crippen molar-refractivity contribution in [2.45, 2.75) is 20.0 Å². The molecule has 0 amide bonds. The number of nitrogens with zero attached hydrogens (tertiary/aromatic N) is 4. The third kappa shape index (κ3) is 6.19. The molecule has 3 aromatic heterocycles. The van der Waals surface area contributed by atoms with Crippen molar-refractivity contribution in [1.82, 2.24) is 19.9 Å². The topological polar surface area (TPSA) is 124 Å². The highest BCUT2D eigenvalue weighted by Gasteiger charge is 2.21. The first kappa shape index (κ1) is 26.2. The first-order valence-corrected chi connectivity index (χ1v) is 10.5. The normalized spacial score (nSPS) is 10.5. The molecule has 0 aliphatic heterocycles. The van der Waals surface area contributed by atoms with Crippen molar-refractivity contribution >= 4 is 12.2 Å². The maximum Gasteiger partial charge on any atom is 0.280 e. The minimum Gasteiger partial charge on any atom is -0.471 e. The summed E-state index contributed by atoms with van der Waals surface area (Å²) in [5, 5.41) is 7.00. The molecule has 3 N–H and O–H groups in total. The molecule has 11 heteroatoms. The van der Waals surface area contributed by atoms with Gasteiger partial charge in [0.25, 0.3) is 6.43 Å². The number of carbonyl (C=O) groups excluding carboxylic acids is 1. The van der Waals surface area contributed by atoms with Gasteiger partial charge in [-0.2, -0.15) is 4.98 Å².